The summed E-state index contributed by atoms with van der Waals surface area (Å²) in [7, 11) is 0. The molecule has 0 radical (unpaired) electrons. The molecule has 1 saturated heterocycles. The lowest BCUT2D eigenvalue weighted by atomic mass is 9.97. The van der Waals surface area contributed by atoms with E-state index in [0.717, 1.165) is 19.1 Å². The lowest BCUT2D eigenvalue weighted by Gasteiger charge is -2.28. The molecule has 2 nitrogen and oxygen atoms in total. The van der Waals surface area contributed by atoms with Crippen LogP contribution in [-0.2, 0) is 11.4 Å². The largest absolute Gasteiger partial charge is 0.294 e. The third-order valence-corrected chi connectivity index (χ3v) is 4.43. The Kier molecular flexibility index (Phi) is 3.96. The second-order valence-electron chi connectivity index (χ2n) is 5.65. The van der Waals surface area contributed by atoms with Crippen LogP contribution in [0.3, 0.4) is 0 Å². The molecule has 0 N–H and O–H groups in total. The van der Waals surface area contributed by atoms with E-state index < -0.39 is 0 Å². The Morgan fingerprint density at radius 1 is 1.00 bits per heavy atom. The molecule has 0 bridgehead atoms. The molecule has 1 aliphatic heterocycles. The molecule has 1 saturated carbocycles. The van der Waals surface area contributed by atoms with Gasteiger partial charge in [0.1, 0.15) is 0 Å². The van der Waals surface area contributed by atoms with E-state index in [4.69, 9.17) is 4.84 Å². The van der Waals surface area contributed by atoms with E-state index in [-0.39, 0.29) is 0 Å². The highest BCUT2D eigenvalue weighted by Gasteiger charge is 2.33. The van der Waals surface area contributed by atoms with Gasteiger partial charge in [0.2, 0.25) is 0 Å². The zero-order chi connectivity index (χ0) is 12.2. The third kappa shape index (κ3) is 2.76. The van der Waals surface area contributed by atoms with E-state index in [1.165, 1.54) is 44.1 Å². The summed E-state index contributed by atoms with van der Waals surface area (Å²) < 4.78 is 0. The fraction of sp³-hybridized carbons (Fsp3) is 0.625. The molecule has 2 fully saturated rings. The van der Waals surface area contributed by atoms with Crippen LogP contribution in [0.1, 0.15) is 44.1 Å². The van der Waals surface area contributed by atoms with E-state index >= 15 is 0 Å². The van der Waals surface area contributed by atoms with Crippen LogP contribution in [0.2, 0.25) is 0 Å². The lowest BCUT2D eigenvalue weighted by molar-refractivity contribution is -0.188. The molecule has 18 heavy (non-hydrogen) atoms. The number of nitrogens with zero attached hydrogens (tertiary/aromatic N) is 1. The molecular weight excluding hydrogens is 222 g/mol. The van der Waals surface area contributed by atoms with Crippen molar-refractivity contribution in [1.29, 1.82) is 0 Å². The van der Waals surface area contributed by atoms with Crippen LogP contribution in [0, 0.1) is 5.92 Å². The van der Waals surface area contributed by atoms with Gasteiger partial charge in [0, 0.05) is 12.6 Å². The first-order valence-electron chi connectivity index (χ1n) is 7.37. The van der Waals surface area contributed by atoms with E-state index in [0.29, 0.717) is 6.04 Å². The quantitative estimate of drug-likeness (QED) is 0.800. The van der Waals surface area contributed by atoms with Crippen LogP contribution < -0.4 is 0 Å². The Morgan fingerprint density at radius 2 is 1.78 bits per heavy atom. The van der Waals surface area contributed by atoms with Crippen LogP contribution >= 0.6 is 0 Å². The SMILES string of the molecule is c1ccc(CON2CCCC2C2CCCC2)cc1. The van der Waals surface area contributed by atoms with Crippen LogP contribution in [-0.4, -0.2) is 17.6 Å². The summed E-state index contributed by atoms with van der Waals surface area (Å²) in [5.41, 5.74) is 1.27. The van der Waals surface area contributed by atoms with Crippen molar-refractivity contribution in [3.8, 4) is 0 Å². The van der Waals surface area contributed by atoms with E-state index in [2.05, 4.69) is 35.4 Å². The zero-order valence-electron chi connectivity index (χ0n) is 11.1. The van der Waals surface area contributed by atoms with Gasteiger partial charge in [0.25, 0.3) is 0 Å². The zero-order valence-corrected chi connectivity index (χ0v) is 11.1. The predicted octanol–water partition coefficient (Wildman–Crippen LogP) is 3.77. The van der Waals surface area contributed by atoms with Gasteiger partial charge in [-0.1, -0.05) is 43.2 Å². The normalized spacial score (nSPS) is 25.9. The van der Waals surface area contributed by atoms with Crippen molar-refractivity contribution in [3.05, 3.63) is 35.9 Å². The molecule has 0 amide bonds. The van der Waals surface area contributed by atoms with Crippen molar-refractivity contribution < 1.29 is 4.84 Å². The molecule has 3 rings (SSSR count). The molecule has 1 unspecified atom stereocenters. The highest BCUT2D eigenvalue weighted by Crippen LogP contribution is 2.35. The minimum Gasteiger partial charge on any atom is -0.294 e. The summed E-state index contributed by atoms with van der Waals surface area (Å²) >= 11 is 0. The smallest absolute Gasteiger partial charge is 0.0936 e. The minimum atomic E-state index is 0.691. The van der Waals surface area contributed by atoms with Gasteiger partial charge < -0.3 is 0 Å². The van der Waals surface area contributed by atoms with E-state index in [1.54, 1.807) is 0 Å². The van der Waals surface area contributed by atoms with Crippen molar-refractivity contribution in [2.24, 2.45) is 5.92 Å². The molecule has 1 aromatic carbocycles. The summed E-state index contributed by atoms with van der Waals surface area (Å²) in [6.07, 6.45) is 8.31. The average Bonchev–Trinajstić information content (AvgIpc) is 3.08. The van der Waals surface area contributed by atoms with Gasteiger partial charge in [-0.3, -0.25) is 4.84 Å². The Labute approximate surface area is 110 Å². The standard InChI is InChI=1S/C16H23NO/c1-2-7-14(8-3-1)13-18-17-12-6-11-16(17)15-9-4-5-10-15/h1-3,7-8,15-16H,4-6,9-13H2. The Hall–Kier alpha value is -0.860. The number of rotatable bonds is 4. The van der Waals surface area contributed by atoms with Crippen molar-refractivity contribution in [1.82, 2.24) is 5.06 Å². The molecule has 98 valence electrons. The van der Waals surface area contributed by atoms with Crippen molar-refractivity contribution in [2.75, 3.05) is 6.54 Å². The predicted molar refractivity (Wildman–Crippen MR) is 72.9 cm³/mol. The Bertz CT molecular complexity index is 359. The summed E-state index contributed by atoms with van der Waals surface area (Å²) in [5.74, 6) is 0.892. The number of benzene rings is 1. The molecule has 1 aromatic rings. The first kappa shape index (κ1) is 12.2. The molecule has 2 heteroatoms. The second kappa shape index (κ2) is 5.85. The fourth-order valence-electron chi connectivity index (χ4n) is 3.47. The monoisotopic (exact) mass is 245 g/mol. The van der Waals surface area contributed by atoms with Gasteiger partial charge in [0.15, 0.2) is 0 Å². The lowest BCUT2D eigenvalue weighted by Crippen LogP contribution is -2.34. The summed E-state index contributed by atoms with van der Waals surface area (Å²) in [4.78, 5) is 6.05. The molecule has 0 aromatic heterocycles. The van der Waals surface area contributed by atoms with E-state index in [9.17, 15) is 0 Å². The van der Waals surface area contributed by atoms with Gasteiger partial charge in [-0.2, -0.15) is 5.06 Å². The second-order valence-corrected chi connectivity index (χ2v) is 5.65. The number of hydrogen-bond donors (Lipinski definition) is 0. The van der Waals surface area contributed by atoms with Gasteiger partial charge in [-0.25, -0.2) is 0 Å². The maximum atomic E-state index is 6.05. The first-order chi connectivity index (χ1) is 8.93. The van der Waals surface area contributed by atoms with Gasteiger partial charge in [-0.15, -0.1) is 0 Å². The Morgan fingerprint density at radius 3 is 2.56 bits per heavy atom. The highest BCUT2D eigenvalue weighted by atomic mass is 16.7. The highest BCUT2D eigenvalue weighted by molar-refractivity contribution is 5.13. The topological polar surface area (TPSA) is 12.5 Å². The fourth-order valence-corrected chi connectivity index (χ4v) is 3.47. The van der Waals surface area contributed by atoms with Gasteiger partial charge in [0.05, 0.1) is 6.61 Å². The van der Waals surface area contributed by atoms with E-state index in [1.807, 2.05) is 0 Å². The molecule has 1 heterocycles. The van der Waals surface area contributed by atoms with Crippen molar-refractivity contribution in [2.45, 2.75) is 51.2 Å². The summed E-state index contributed by atoms with van der Waals surface area (Å²) in [6, 6.07) is 11.2. The molecular formula is C16H23NO. The van der Waals surface area contributed by atoms with Crippen LogP contribution in [0.15, 0.2) is 30.3 Å². The maximum absolute atomic E-state index is 6.05. The maximum Gasteiger partial charge on any atom is 0.0936 e. The van der Waals surface area contributed by atoms with Crippen molar-refractivity contribution in [3.63, 3.8) is 0 Å². The molecule has 0 spiro atoms. The van der Waals surface area contributed by atoms with Crippen molar-refractivity contribution >= 4 is 0 Å². The Balaban J connectivity index is 1.55. The number of hydroxylamine groups is 2. The average molecular weight is 245 g/mol. The molecule has 1 atom stereocenters. The van der Waals surface area contributed by atoms with Crippen LogP contribution in [0.25, 0.3) is 0 Å². The molecule has 2 aliphatic rings. The van der Waals surface area contributed by atoms with Crippen LogP contribution in [0.5, 0.6) is 0 Å². The summed E-state index contributed by atoms with van der Waals surface area (Å²) in [5, 5.41) is 2.28. The van der Waals surface area contributed by atoms with Gasteiger partial charge in [-0.05, 0) is 37.2 Å². The molecule has 1 aliphatic carbocycles. The minimum absolute atomic E-state index is 0.691. The van der Waals surface area contributed by atoms with Crippen LogP contribution in [0.4, 0.5) is 0 Å². The third-order valence-electron chi connectivity index (χ3n) is 4.43. The first-order valence-corrected chi connectivity index (χ1v) is 7.37. The number of hydrogen-bond acceptors (Lipinski definition) is 2. The van der Waals surface area contributed by atoms with Gasteiger partial charge >= 0.3 is 0 Å². The summed E-state index contributed by atoms with van der Waals surface area (Å²) in [6.45, 7) is 1.85.